The van der Waals surface area contributed by atoms with Crippen molar-refractivity contribution >= 4 is 22.6 Å². The predicted octanol–water partition coefficient (Wildman–Crippen LogP) is 2.23. The van der Waals surface area contributed by atoms with E-state index in [1.54, 1.807) is 6.07 Å². The molecule has 0 saturated carbocycles. The number of hydrogen-bond donors (Lipinski definition) is 2. The smallest absolute Gasteiger partial charge is 0.252 e. The van der Waals surface area contributed by atoms with Crippen LogP contribution in [0.3, 0.4) is 0 Å². The van der Waals surface area contributed by atoms with Gasteiger partial charge < -0.3 is 11.1 Å². The summed E-state index contributed by atoms with van der Waals surface area (Å²) in [6.07, 6.45) is 6.82. The number of amides is 2. The Balaban J connectivity index is 2.19. The number of primary amides is 1. The summed E-state index contributed by atoms with van der Waals surface area (Å²) in [5, 5.41) is 4.51. The van der Waals surface area contributed by atoms with Crippen LogP contribution in [0, 0.1) is 12.3 Å². The van der Waals surface area contributed by atoms with Crippen molar-refractivity contribution in [1.82, 2.24) is 5.32 Å². The molecule has 2 amide bonds. The van der Waals surface area contributed by atoms with E-state index in [9.17, 15) is 9.59 Å². The monoisotopic (exact) mass is 294 g/mol. The van der Waals surface area contributed by atoms with Gasteiger partial charge in [0.2, 0.25) is 5.91 Å². The van der Waals surface area contributed by atoms with Gasteiger partial charge in [0.1, 0.15) is 6.04 Å². The van der Waals surface area contributed by atoms with E-state index < -0.39 is 11.9 Å². The maximum atomic E-state index is 12.4. The average molecular weight is 294 g/mol. The highest BCUT2D eigenvalue weighted by Crippen LogP contribution is 2.18. The van der Waals surface area contributed by atoms with E-state index in [0.29, 0.717) is 24.8 Å². The van der Waals surface area contributed by atoms with Crippen molar-refractivity contribution in [2.24, 2.45) is 5.73 Å². The highest BCUT2D eigenvalue weighted by atomic mass is 16.2. The van der Waals surface area contributed by atoms with Gasteiger partial charge in [0.25, 0.3) is 5.91 Å². The van der Waals surface area contributed by atoms with Crippen LogP contribution in [0.25, 0.3) is 10.8 Å². The first kappa shape index (κ1) is 15.6. The molecule has 0 aromatic heterocycles. The predicted molar refractivity (Wildman–Crippen MR) is 87.1 cm³/mol. The van der Waals surface area contributed by atoms with Crippen molar-refractivity contribution < 1.29 is 9.59 Å². The molecule has 0 aliphatic rings. The number of rotatable bonds is 6. The highest BCUT2D eigenvalue weighted by molar-refractivity contribution is 6.08. The molecule has 0 radical (unpaired) electrons. The molecule has 0 bridgehead atoms. The van der Waals surface area contributed by atoms with Gasteiger partial charge in [0, 0.05) is 12.0 Å². The quantitative estimate of drug-likeness (QED) is 0.633. The summed E-state index contributed by atoms with van der Waals surface area (Å²) in [7, 11) is 0. The van der Waals surface area contributed by atoms with E-state index in [-0.39, 0.29) is 5.91 Å². The van der Waals surface area contributed by atoms with Crippen LogP contribution in [0.15, 0.2) is 42.5 Å². The van der Waals surface area contributed by atoms with Crippen LogP contribution in [0.5, 0.6) is 0 Å². The van der Waals surface area contributed by atoms with Crippen molar-refractivity contribution in [3.8, 4) is 12.3 Å². The Bertz CT molecular complexity index is 726. The first-order valence-corrected chi connectivity index (χ1v) is 7.15. The molecule has 4 nitrogen and oxygen atoms in total. The van der Waals surface area contributed by atoms with Gasteiger partial charge >= 0.3 is 0 Å². The number of nitrogens with two attached hydrogens (primary N) is 1. The minimum atomic E-state index is -0.709. The largest absolute Gasteiger partial charge is 0.368 e. The first-order valence-electron chi connectivity index (χ1n) is 7.15. The Labute approximate surface area is 129 Å². The second-order valence-electron chi connectivity index (χ2n) is 5.05. The molecule has 0 spiro atoms. The summed E-state index contributed by atoms with van der Waals surface area (Å²) in [4.78, 5) is 23.9. The third kappa shape index (κ3) is 3.64. The van der Waals surface area contributed by atoms with E-state index >= 15 is 0 Å². The molecule has 3 N–H and O–H groups in total. The highest BCUT2D eigenvalue weighted by Gasteiger charge is 2.19. The number of carbonyl (C=O) groups is 2. The number of carbonyl (C=O) groups excluding carboxylic acids is 2. The summed E-state index contributed by atoms with van der Waals surface area (Å²) >= 11 is 0. The van der Waals surface area contributed by atoms with Crippen LogP contribution in [0.2, 0.25) is 0 Å². The molecule has 0 fully saturated rings. The summed E-state index contributed by atoms with van der Waals surface area (Å²) in [5.41, 5.74) is 5.88. The molecule has 0 unspecified atom stereocenters. The second-order valence-corrected chi connectivity index (χ2v) is 5.05. The molecular formula is C18H18N2O2. The average Bonchev–Trinajstić information content (AvgIpc) is 2.53. The summed E-state index contributed by atoms with van der Waals surface area (Å²) in [5.74, 6) is 1.65. The molecule has 0 saturated heterocycles. The van der Waals surface area contributed by atoms with Gasteiger partial charge in [-0.2, -0.15) is 0 Å². The molecule has 1 atom stereocenters. The Morgan fingerprint density at radius 2 is 1.91 bits per heavy atom. The number of nitrogens with one attached hydrogen (secondary N) is 1. The first-order chi connectivity index (χ1) is 10.6. The fraction of sp³-hybridized carbons (Fsp3) is 0.222. The van der Waals surface area contributed by atoms with Crippen LogP contribution in [-0.2, 0) is 4.79 Å². The SMILES string of the molecule is C#CCCC[C@H](NC(=O)c1cccc2ccccc12)C(N)=O. The molecule has 0 aliphatic carbocycles. The normalized spacial score (nSPS) is 11.6. The van der Waals surface area contributed by atoms with Gasteiger partial charge in [-0.1, -0.05) is 36.4 Å². The van der Waals surface area contributed by atoms with E-state index in [1.807, 2.05) is 36.4 Å². The van der Waals surface area contributed by atoms with Crippen LogP contribution >= 0.6 is 0 Å². The zero-order valence-electron chi connectivity index (χ0n) is 12.2. The third-order valence-corrected chi connectivity index (χ3v) is 3.50. The zero-order valence-corrected chi connectivity index (χ0v) is 12.2. The molecule has 22 heavy (non-hydrogen) atoms. The van der Waals surface area contributed by atoms with Gasteiger partial charge in [0.05, 0.1) is 0 Å². The van der Waals surface area contributed by atoms with Gasteiger partial charge in [-0.25, -0.2) is 0 Å². The topological polar surface area (TPSA) is 72.2 Å². The lowest BCUT2D eigenvalue weighted by Gasteiger charge is -2.15. The van der Waals surface area contributed by atoms with Crippen LogP contribution < -0.4 is 11.1 Å². The molecule has 0 aliphatic heterocycles. The van der Waals surface area contributed by atoms with Crippen LogP contribution in [0.1, 0.15) is 29.6 Å². The Morgan fingerprint density at radius 3 is 2.64 bits per heavy atom. The molecule has 2 aromatic rings. The van der Waals surface area contributed by atoms with E-state index in [2.05, 4.69) is 11.2 Å². The number of fused-ring (bicyclic) bond motifs is 1. The lowest BCUT2D eigenvalue weighted by Crippen LogP contribution is -2.44. The molecular weight excluding hydrogens is 276 g/mol. The summed E-state index contributed by atoms with van der Waals surface area (Å²) in [6, 6.07) is 12.4. The maximum absolute atomic E-state index is 12.4. The van der Waals surface area contributed by atoms with Crippen molar-refractivity contribution in [2.45, 2.75) is 25.3 Å². The molecule has 4 heteroatoms. The molecule has 112 valence electrons. The summed E-state index contributed by atoms with van der Waals surface area (Å²) in [6.45, 7) is 0. The third-order valence-electron chi connectivity index (χ3n) is 3.50. The fourth-order valence-electron chi connectivity index (χ4n) is 2.35. The number of terminal acetylenes is 1. The van der Waals surface area contributed by atoms with Crippen LogP contribution in [0.4, 0.5) is 0 Å². The van der Waals surface area contributed by atoms with E-state index in [4.69, 9.17) is 12.2 Å². The standard InChI is InChI=1S/C18H18N2O2/c1-2-3-4-12-16(17(19)21)20-18(22)15-11-7-9-13-8-5-6-10-14(13)15/h1,5-11,16H,3-4,12H2,(H2,19,21)(H,20,22)/t16-/m0/s1. The molecule has 0 heterocycles. The Morgan fingerprint density at radius 1 is 1.18 bits per heavy atom. The van der Waals surface area contributed by atoms with Gasteiger partial charge in [-0.05, 0) is 29.7 Å². The van der Waals surface area contributed by atoms with E-state index in [0.717, 1.165) is 10.8 Å². The minimum absolute atomic E-state index is 0.304. The Kier molecular flexibility index (Phi) is 5.16. The number of unbranched alkanes of at least 4 members (excludes halogenated alkanes) is 1. The molecule has 2 aromatic carbocycles. The lowest BCUT2D eigenvalue weighted by molar-refractivity contribution is -0.120. The summed E-state index contributed by atoms with van der Waals surface area (Å²) < 4.78 is 0. The number of hydrogen-bond acceptors (Lipinski definition) is 2. The van der Waals surface area contributed by atoms with Gasteiger partial charge in [-0.3, -0.25) is 9.59 Å². The number of benzene rings is 2. The second kappa shape index (κ2) is 7.28. The molecule has 2 rings (SSSR count). The van der Waals surface area contributed by atoms with Crippen molar-refractivity contribution in [1.29, 1.82) is 0 Å². The zero-order chi connectivity index (χ0) is 15.9. The van der Waals surface area contributed by atoms with Gasteiger partial charge in [0.15, 0.2) is 0 Å². The van der Waals surface area contributed by atoms with Crippen LogP contribution in [-0.4, -0.2) is 17.9 Å². The van der Waals surface area contributed by atoms with Gasteiger partial charge in [-0.15, -0.1) is 12.3 Å². The maximum Gasteiger partial charge on any atom is 0.252 e. The van der Waals surface area contributed by atoms with E-state index in [1.165, 1.54) is 0 Å². The van der Waals surface area contributed by atoms with Crippen molar-refractivity contribution in [3.05, 3.63) is 48.0 Å². The Hall–Kier alpha value is -2.80. The minimum Gasteiger partial charge on any atom is -0.368 e. The van der Waals surface area contributed by atoms with Crippen molar-refractivity contribution in [2.75, 3.05) is 0 Å². The lowest BCUT2D eigenvalue weighted by atomic mass is 10.0. The van der Waals surface area contributed by atoms with Crippen molar-refractivity contribution in [3.63, 3.8) is 0 Å². The fourth-order valence-corrected chi connectivity index (χ4v) is 2.35.